The van der Waals surface area contributed by atoms with Crippen molar-refractivity contribution in [1.82, 2.24) is 14.1 Å². The molecule has 0 atom stereocenters. The first-order valence-corrected chi connectivity index (χ1v) is 14.3. The molecule has 6 aromatic carbocycles. The number of aromatic amines is 1. The maximum Gasteiger partial charge on any atom is 0.0656 e. The van der Waals surface area contributed by atoms with E-state index < -0.39 is 0 Å². The van der Waals surface area contributed by atoms with Gasteiger partial charge >= 0.3 is 0 Å². The molecular weight excluding hydrogens is 554 g/mol. The quantitative estimate of drug-likeness (QED) is 0.212. The van der Waals surface area contributed by atoms with Gasteiger partial charge in [0.05, 0.1) is 43.4 Å². The van der Waals surface area contributed by atoms with Gasteiger partial charge in [0, 0.05) is 37.8 Å². The molecule has 0 aliphatic heterocycles. The van der Waals surface area contributed by atoms with Crippen LogP contribution in [-0.2, 0) is 0 Å². The largest absolute Gasteiger partial charge is 0.354 e. The summed E-state index contributed by atoms with van der Waals surface area (Å²) in [6, 6.07) is 45.7. The number of nitrogens with one attached hydrogen (secondary N) is 1. The van der Waals surface area contributed by atoms with E-state index in [1.54, 1.807) is 0 Å². The zero-order valence-corrected chi connectivity index (χ0v) is 23.0. The first-order chi connectivity index (χ1) is 19.8. The lowest BCUT2D eigenvalue weighted by Gasteiger charge is -2.16. The van der Waals surface area contributed by atoms with Crippen LogP contribution < -0.4 is 0 Å². The molecule has 0 fully saturated rings. The molecule has 0 radical (unpaired) electrons. The Balaban J connectivity index is 1.40. The predicted octanol–water partition coefficient (Wildman–Crippen LogP) is 10.3. The second-order valence-corrected chi connectivity index (χ2v) is 11.2. The van der Waals surface area contributed by atoms with Gasteiger partial charge in [-0.2, -0.15) is 0 Å². The molecule has 9 rings (SSSR count). The summed E-state index contributed by atoms with van der Waals surface area (Å²) in [5, 5.41) is 7.51. The first-order valence-electron chi connectivity index (χ1n) is 13.5. The minimum absolute atomic E-state index is 1.06. The molecule has 3 aromatic heterocycles. The molecule has 0 unspecified atom stereocenters. The Morgan fingerprint density at radius 2 is 0.950 bits per heavy atom. The van der Waals surface area contributed by atoms with Gasteiger partial charge in [-0.1, -0.05) is 84.9 Å². The highest BCUT2D eigenvalue weighted by molar-refractivity contribution is 9.10. The van der Waals surface area contributed by atoms with Gasteiger partial charge < -0.3 is 14.1 Å². The Morgan fingerprint density at radius 3 is 1.62 bits per heavy atom. The topological polar surface area (TPSA) is 25.6 Å². The van der Waals surface area contributed by atoms with Gasteiger partial charge in [-0.25, -0.2) is 0 Å². The fourth-order valence-corrected chi connectivity index (χ4v) is 7.29. The number of H-pyrrole nitrogens is 1. The molecule has 0 spiro atoms. The molecule has 9 aromatic rings. The van der Waals surface area contributed by atoms with Crippen LogP contribution in [0.3, 0.4) is 0 Å². The number of halogens is 1. The van der Waals surface area contributed by atoms with Gasteiger partial charge in [0.2, 0.25) is 0 Å². The van der Waals surface area contributed by atoms with Gasteiger partial charge in [0.15, 0.2) is 0 Å². The number of fused-ring (bicyclic) bond motifs is 10. The van der Waals surface area contributed by atoms with E-state index in [1.807, 2.05) is 0 Å². The van der Waals surface area contributed by atoms with Crippen molar-refractivity contribution < 1.29 is 0 Å². The zero-order chi connectivity index (χ0) is 26.4. The number of hydrogen-bond acceptors (Lipinski definition) is 0. The summed E-state index contributed by atoms with van der Waals surface area (Å²) < 4.78 is 5.83. The van der Waals surface area contributed by atoms with Crippen molar-refractivity contribution in [2.75, 3.05) is 0 Å². The Hall–Kier alpha value is -4.80. The molecule has 0 aliphatic rings. The average Bonchev–Trinajstić information content (AvgIpc) is 3.65. The maximum absolute atomic E-state index is 4.10. The van der Waals surface area contributed by atoms with E-state index in [0.717, 1.165) is 21.4 Å². The van der Waals surface area contributed by atoms with Gasteiger partial charge in [-0.05, 0) is 58.4 Å². The predicted molar refractivity (Wildman–Crippen MR) is 172 cm³/mol. The second kappa shape index (κ2) is 8.10. The number of benzene rings is 6. The fourth-order valence-electron chi connectivity index (χ4n) is 6.67. The van der Waals surface area contributed by atoms with Crippen LogP contribution >= 0.6 is 15.9 Å². The number of rotatable bonds is 2. The molecule has 0 bridgehead atoms. The SMILES string of the molecule is Brc1c(-n2c3ccccc3c3ccccc32)cccc1-n1c2ccccc2c2c3[nH]c4ccccc4c3ccc21. The molecular formula is C36H22BrN3. The van der Waals surface area contributed by atoms with Crippen LogP contribution in [0.1, 0.15) is 0 Å². The summed E-state index contributed by atoms with van der Waals surface area (Å²) in [5.41, 5.74) is 9.34. The Bertz CT molecular complexity index is 2400. The summed E-state index contributed by atoms with van der Waals surface area (Å²) in [4.78, 5) is 3.74. The molecule has 0 aliphatic carbocycles. The highest BCUT2D eigenvalue weighted by atomic mass is 79.9. The van der Waals surface area contributed by atoms with E-state index in [0.29, 0.717) is 0 Å². The molecule has 0 amide bonds. The van der Waals surface area contributed by atoms with Crippen molar-refractivity contribution in [3.05, 3.63) is 132 Å². The van der Waals surface area contributed by atoms with Crippen LogP contribution in [0.2, 0.25) is 0 Å². The van der Waals surface area contributed by atoms with Crippen molar-refractivity contribution in [3.8, 4) is 11.4 Å². The lowest BCUT2D eigenvalue weighted by Crippen LogP contribution is -2.01. The minimum atomic E-state index is 1.06. The summed E-state index contributed by atoms with van der Waals surface area (Å²) >= 11 is 4.10. The minimum Gasteiger partial charge on any atom is -0.354 e. The normalized spacial score (nSPS) is 12.1. The maximum atomic E-state index is 4.10. The Kier molecular flexibility index (Phi) is 4.47. The molecule has 40 heavy (non-hydrogen) atoms. The Labute approximate surface area is 238 Å². The molecule has 0 saturated heterocycles. The summed E-state index contributed by atoms with van der Waals surface area (Å²) in [6.45, 7) is 0. The summed E-state index contributed by atoms with van der Waals surface area (Å²) in [7, 11) is 0. The molecule has 3 nitrogen and oxygen atoms in total. The van der Waals surface area contributed by atoms with Crippen molar-refractivity contribution in [1.29, 1.82) is 0 Å². The highest BCUT2D eigenvalue weighted by Crippen LogP contribution is 2.42. The van der Waals surface area contributed by atoms with Gasteiger partial charge in [-0.3, -0.25) is 0 Å². The summed E-state index contributed by atoms with van der Waals surface area (Å²) in [6.07, 6.45) is 0. The second-order valence-electron chi connectivity index (χ2n) is 10.4. The number of nitrogens with zero attached hydrogens (tertiary/aromatic N) is 2. The lowest BCUT2D eigenvalue weighted by molar-refractivity contribution is 1.12. The third kappa shape index (κ3) is 2.83. The third-order valence-electron chi connectivity index (χ3n) is 8.34. The smallest absolute Gasteiger partial charge is 0.0656 e. The Morgan fingerprint density at radius 1 is 0.425 bits per heavy atom. The van der Waals surface area contributed by atoms with Crippen LogP contribution in [0.5, 0.6) is 0 Å². The zero-order valence-electron chi connectivity index (χ0n) is 21.4. The standard InChI is InChI=1S/C36H22BrN3/c37-35-32(39-28-15-6-2-11-23(28)24-12-3-7-16-29(24)39)18-9-19-33(35)40-30-17-8-4-13-26(30)34-31(40)21-20-25-22-10-1-5-14-27(22)38-36(25)34/h1-21,38H. The van der Waals surface area contributed by atoms with E-state index in [9.17, 15) is 0 Å². The van der Waals surface area contributed by atoms with Gasteiger partial charge in [-0.15, -0.1) is 0 Å². The van der Waals surface area contributed by atoms with E-state index in [4.69, 9.17) is 0 Å². The molecule has 1 N–H and O–H groups in total. The highest BCUT2D eigenvalue weighted by Gasteiger charge is 2.20. The van der Waals surface area contributed by atoms with Gasteiger partial charge in [0.25, 0.3) is 0 Å². The van der Waals surface area contributed by atoms with Crippen molar-refractivity contribution in [2.24, 2.45) is 0 Å². The van der Waals surface area contributed by atoms with Crippen LogP contribution in [0.25, 0.3) is 76.8 Å². The van der Waals surface area contributed by atoms with Gasteiger partial charge in [0.1, 0.15) is 0 Å². The molecule has 3 heterocycles. The van der Waals surface area contributed by atoms with Crippen LogP contribution in [0, 0.1) is 0 Å². The first kappa shape index (κ1) is 22.1. The van der Waals surface area contributed by atoms with Crippen LogP contribution in [0.15, 0.2) is 132 Å². The van der Waals surface area contributed by atoms with E-state index in [2.05, 4.69) is 157 Å². The average molecular weight is 576 g/mol. The van der Waals surface area contributed by atoms with E-state index >= 15 is 0 Å². The third-order valence-corrected chi connectivity index (χ3v) is 9.15. The van der Waals surface area contributed by atoms with Crippen molar-refractivity contribution >= 4 is 81.3 Å². The van der Waals surface area contributed by atoms with E-state index in [1.165, 1.54) is 59.9 Å². The number of hydrogen-bond donors (Lipinski definition) is 1. The number of aromatic nitrogens is 3. The van der Waals surface area contributed by atoms with Crippen LogP contribution in [0.4, 0.5) is 0 Å². The number of para-hydroxylation sites is 4. The van der Waals surface area contributed by atoms with Crippen LogP contribution in [-0.4, -0.2) is 14.1 Å². The summed E-state index contributed by atoms with van der Waals surface area (Å²) in [5.74, 6) is 0. The van der Waals surface area contributed by atoms with Crippen molar-refractivity contribution in [3.63, 3.8) is 0 Å². The molecule has 0 saturated carbocycles. The van der Waals surface area contributed by atoms with Crippen molar-refractivity contribution in [2.45, 2.75) is 0 Å². The fraction of sp³-hybridized carbons (Fsp3) is 0. The molecule has 188 valence electrons. The van der Waals surface area contributed by atoms with E-state index in [-0.39, 0.29) is 0 Å². The lowest BCUT2D eigenvalue weighted by atomic mass is 10.1. The monoisotopic (exact) mass is 575 g/mol. The molecule has 4 heteroatoms.